The zero-order valence-corrected chi connectivity index (χ0v) is 12.2. The molecule has 1 heterocycles. The lowest BCUT2D eigenvalue weighted by atomic mass is 9.83. The molecule has 1 N–H and O–H groups in total. The maximum atomic E-state index is 12.8. The highest BCUT2D eigenvalue weighted by Crippen LogP contribution is 2.40. The van der Waals surface area contributed by atoms with Gasteiger partial charge >= 0.3 is 6.18 Å². The van der Waals surface area contributed by atoms with Crippen molar-refractivity contribution in [3.8, 4) is 0 Å². The summed E-state index contributed by atoms with van der Waals surface area (Å²) in [4.78, 5) is 0. The van der Waals surface area contributed by atoms with Gasteiger partial charge in [-0.2, -0.15) is 13.2 Å². The molecule has 1 atom stereocenters. The van der Waals surface area contributed by atoms with Gasteiger partial charge in [0, 0.05) is 18.2 Å². The number of rotatable bonds is 3. The minimum atomic E-state index is -4.24. The first-order valence-electron chi connectivity index (χ1n) is 7.99. The molecule has 1 unspecified atom stereocenters. The Bertz CT molecular complexity index is 489. The fourth-order valence-corrected chi connectivity index (χ4v) is 3.75. The van der Waals surface area contributed by atoms with Crippen molar-refractivity contribution in [1.82, 2.24) is 0 Å². The Morgan fingerprint density at radius 1 is 1.05 bits per heavy atom. The van der Waals surface area contributed by atoms with Crippen LogP contribution in [0.3, 0.4) is 0 Å². The molecule has 1 aliphatic carbocycles. The van der Waals surface area contributed by atoms with Gasteiger partial charge in [0.15, 0.2) is 0 Å². The van der Waals surface area contributed by atoms with Crippen LogP contribution in [0.25, 0.3) is 0 Å². The highest BCUT2D eigenvalue weighted by Gasteiger charge is 2.33. The standard InChI is InChI=1S/C17H22F3N/c18-17(19,20)14-8-9-16-15(10-14)13(11-21-16)7-6-12-4-2-1-3-5-12/h8-10,12-13,21H,1-7,11H2. The van der Waals surface area contributed by atoms with E-state index in [1.807, 2.05) is 0 Å². The third-order valence-electron chi connectivity index (χ3n) is 5.01. The molecule has 0 amide bonds. The smallest absolute Gasteiger partial charge is 0.384 e. The summed E-state index contributed by atoms with van der Waals surface area (Å²) in [5.74, 6) is 1.03. The van der Waals surface area contributed by atoms with Crippen LogP contribution in [-0.4, -0.2) is 6.54 Å². The number of hydrogen-bond donors (Lipinski definition) is 1. The molecule has 1 aromatic rings. The van der Waals surface area contributed by atoms with Crippen molar-refractivity contribution >= 4 is 5.69 Å². The fourth-order valence-electron chi connectivity index (χ4n) is 3.75. The lowest BCUT2D eigenvalue weighted by Gasteiger charge is -2.23. The van der Waals surface area contributed by atoms with E-state index in [0.717, 1.165) is 36.6 Å². The molecule has 2 aliphatic rings. The molecule has 116 valence electrons. The quantitative estimate of drug-likeness (QED) is 0.768. The number of benzene rings is 1. The van der Waals surface area contributed by atoms with Crippen molar-refractivity contribution < 1.29 is 13.2 Å². The lowest BCUT2D eigenvalue weighted by Crippen LogP contribution is -2.10. The molecule has 1 aromatic carbocycles. The molecule has 1 aliphatic heterocycles. The van der Waals surface area contributed by atoms with E-state index in [4.69, 9.17) is 0 Å². The molecule has 0 aromatic heterocycles. The molecule has 0 radical (unpaired) electrons. The van der Waals surface area contributed by atoms with Crippen molar-refractivity contribution in [3.05, 3.63) is 29.3 Å². The second-order valence-corrected chi connectivity index (χ2v) is 6.46. The summed E-state index contributed by atoms with van der Waals surface area (Å²) in [5, 5.41) is 3.25. The van der Waals surface area contributed by atoms with Gasteiger partial charge in [-0.3, -0.25) is 0 Å². The molecule has 0 saturated heterocycles. The van der Waals surface area contributed by atoms with Gasteiger partial charge in [0.1, 0.15) is 0 Å². The Labute approximate surface area is 123 Å². The Kier molecular flexibility index (Phi) is 4.14. The largest absolute Gasteiger partial charge is 0.416 e. The number of hydrogen-bond acceptors (Lipinski definition) is 1. The van der Waals surface area contributed by atoms with Crippen LogP contribution in [0.2, 0.25) is 0 Å². The van der Waals surface area contributed by atoms with Gasteiger partial charge in [-0.1, -0.05) is 32.1 Å². The number of fused-ring (bicyclic) bond motifs is 1. The Hall–Kier alpha value is -1.19. The van der Waals surface area contributed by atoms with Crippen molar-refractivity contribution in [1.29, 1.82) is 0 Å². The van der Waals surface area contributed by atoms with Crippen LogP contribution >= 0.6 is 0 Å². The molecule has 21 heavy (non-hydrogen) atoms. The molecule has 1 fully saturated rings. The summed E-state index contributed by atoms with van der Waals surface area (Å²) < 4.78 is 38.5. The summed E-state index contributed by atoms with van der Waals surface area (Å²) in [6, 6.07) is 4.11. The normalized spacial score (nSPS) is 22.9. The SMILES string of the molecule is FC(F)(F)c1ccc2c(c1)C(CCC1CCCCC1)CN2. The third kappa shape index (κ3) is 3.35. The Morgan fingerprint density at radius 2 is 1.81 bits per heavy atom. The van der Waals surface area contributed by atoms with Crippen molar-refractivity contribution in [3.63, 3.8) is 0 Å². The van der Waals surface area contributed by atoms with E-state index in [-0.39, 0.29) is 5.92 Å². The van der Waals surface area contributed by atoms with E-state index in [1.165, 1.54) is 44.2 Å². The first-order valence-corrected chi connectivity index (χ1v) is 7.99. The van der Waals surface area contributed by atoms with Crippen LogP contribution in [0.5, 0.6) is 0 Å². The zero-order chi connectivity index (χ0) is 14.9. The zero-order valence-electron chi connectivity index (χ0n) is 12.2. The van der Waals surface area contributed by atoms with E-state index in [1.54, 1.807) is 6.07 Å². The van der Waals surface area contributed by atoms with Crippen LogP contribution < -0.4 is 5.32 Å². The maximum absolute atomic E-state index is 12.8. The van der Waals surface area contributed by atoms with E-state index in [9.17, 15) is 13.2 Å². The van der Waals surface area contributed by atoms with E-state index >= 15 is 0 Å². The van der Waals surface area contributed by atoms with Gasteiger partial charge in [0.2, 0.25) is 0 Å². The average molecular weight is 297 g/mol. The van der Waals surface area contributed by atoms with Gasteiger partial charge in [0.05, 0.1) is 5.56 Å². The molecule has 0 spiro atoms. The Morgan fingerprint density at radius 3 is 2.52 bits per heavy atom. The van der Waals surface area contributed by atoms with Gasteiger partial charge in [0.25, 0.3) is 0 Å². The predicted octanol–water partition coefficient (Wildman–Crippen LogP) is 5.58. The Balaban J connectivity index is 1.67. The van der Waals surface area contributed by atoms with E-state index in [2.05, 4.69) is 5.32 Å². The summed E-state index contributed by atoms with van der Waals surface area (Å²) >= 11 is 0. The number of nitrogens with one attached hydrogen (secondary N) is 1. The van der Waals surface area contributed by atoms with Crippen LogP contribution in [-0.2, 0) is 6.18 Å². The van der Waals surface area contributed by atoms with Crippen LogP contribution in [0.1, 0.15) is 62.0 Å². The molecule has 3 rings (SSSR count). The monoisotopic (exact) mass is 297 g/mol. The summed E-state index contributed by atoms with van der Waals surface area (Å²) in [5.41, 5.74) is 1.23. The molecule has 1 nitrogen and oxygen atoms in total. The minimum Gasteiger partial charge on any atom is -0.384 e. The molecule has 0 bridgehead atoms. The van der Waals surface area contributed by atoms with E-state index in [0.29, 0.717) is 0 Å². The molecule has 4 heteroatoms. The van der Waals surface area contributed by atoms with Gasteiger partial charge < -0.3 is 5.32 Å². The number of alkyl halides is 3. The van der Waals surface area contributed by atoms with Crippen LogP contribution in [0.4, 0.5) is 18.9 Å². The first kappa shape index (κ1) is 14.7. The second kappa shape index (κ2) is 5.90. The van der Waals surface area contributed by atoms with Gasteiger partial charge in [-0.25, -0.2) is 0 Å². The minimum absolute atomic E-state index is 0.240. The second-order valence-electron chi connectivity index (χ2n) is 6.46. The van der Waals surface area contributed by atoms with Gasteiger partial charge in [-0.05, 0) is 42.5 Å². The lowest BCUT2D eigenvalue weighted by molar-refractivity contribution is -0.137. The first-order chi connectivity index (χ1) is 10.0. The fraction of sp³-hybridized carbons (Fsp3) is 0.647. The summed E-state index contributed by atoms with van der Waals surface area (Å²) in [6.45, 7) is 0.781. The number of anilines is 1. The van der Waals surface area contributed by atoms with Crippen molar-refractivity contribution in [2.75, 3.05) is 11.9 Å². The summed E-state index contributed by atoms with van der Waals surface area (Å²) in [7, 11) is 0. The predicted molar refractivity (Wildman–Crippen MR) is 78.5 cm³/mol. The van der Waals surface area contributed by atoms with Crippen LogP contribution in [0.15, 0.2) is 18.2 Å². The van der Waals surface area contributed by atoms with Crippen LogP contribution in [0, 0.1) is 5.92 Å². The topological polar surface area (TPSA) is 12.0 Å². The van der Waals surface area contributed by atoms with Crippen molar-refractivity contribution in [2.24, 2.45) is 5.92 Å². The third-order valence-corrected chi connectivity index (χ3v) is 5.01. The van der Waals surface area contributed by atoms with Gasteiger partial charge in [-0.15, -0.1) is 0 Å². The highest BCUT2D eigenvalue weighted by molar-refractivity contribution is 5.59. The molecular formula is C17H22F3N. The average Bonchev–Trinajstić information content (AvgIpc) is 2.87. The highest BCUT2D eigenvalue weighted by atomic mass is 19.4. The maximum Gasteiger partial charge on any atom is 0.416 e. The van der Waals surface area contributed by atoms with Crippen molar-refractivity contribution in [2.45, 2.75) is 57.0 Å². The van der Waals surface area contributed by atoms with E-state index < -0.39 is 11.7 Å². The summed E-state index contributed by atoms with van der Waals surface area (Å²) in [6.07, 6.45) is 4.51. The number of halogens is 3. The molecular weight excluding hydrogens is 275 g/mol. The molecule has 1 saturated carbocycles.